The Hall–Kier alpha value is -3.15. The normalized spacial score (nSPS) is 12.2. The fraction of sp³-hybridized carbons (Fsp3) is 0.286. The van der Waals surface area contributed by atoms with E-state index in [-0.39, 0.29) is 5.91 Å². The van der Waals surface area contributed by atoms with Gasteiger partial charge in [-0.3, -0.25) is 4.79 Å². The lowest BCUT2D eigenvalue weighted by Crippen LogP contribution is -2.26. The summed E-state index contributed by atoms with van der Waals surface area (Å²) >= 11 is 0. The summed E-state index contributed by atoms with van der Waals surface area (Å²) in [5.41, 5.74) is 1.49. The molecule has 0 N–H and O–H groups in total. The van der Waals surface area contributed by atoms with Gasteiger partial charge in [-0.2, -0.15) is 0 Å². The molecule has 6 nitrogen and oxygen atoms in total. The van der Waals surface area contributed by atoms with Crippen molar-refractivity contribution in [3.05, 3.63) is 60.2 Å². The van der Waals surface area contributed by atoms with Crippen LogP contribution in [0.4, 0.5) is 0 Å². The Morgan fingerprint density at radius 2 is 1.96 bits per heavy atom. The van der Waals surface area contributed by atoms with Gasteiger partial charge in [-0.15, -0.1) is 0 Å². The molecule has 3 rings (SSSR count). The minimum absolute atomic E-state index is 0.128. The fourth-order valence-electron chi connectivity index (χ4n) is 2.81. The van der Waals surface area contributed by atoms with E-state index >= 15 is 0 Å². The first-order valence-corrected chi connectivity index (χ1v) is 8.68. The number of rotatable bonds is 7. The summed E-state index contributed by atoms with van der Waals surface area (Å²) < 4.78 is 22.0. The molecule has 0 atom stereocenters. The molecule has 1 amide bonds. The molecule has 6 heteroatoms. The summed E-state index contributed by atoms with van der Waals surface area (Å²) in [6, 6.07) is 11.0. The summed E-state index contributed by atoms with van der Waals surface area (Å²) in [6.45, 7) is 5.47. The van der Waals surface area contributed by atoms with Gasteiger partial charge in [0.25, 0.3) is 5.91 Å². The highest BCUT2D eigenvalue weighted by Crippen LogP contribution is 2.40. The van der Waals surface area contributed by atoms with Gasteiger partial charge in [0.05, 0.1) is 7.11 Å². The van der Waals surface area contributed by atoms with E-state index in [9.17, 15) is 4.79 Å². The van der Waals surface area contributed by atoms with Crippen molar-refractivity contribution in [3.63, 3.8) is 0 Å². The second-order valence-corrected chi connectivity index (χ2v) is 6.11. The Bertz CT molecular complexity index is 799. The van der Waals surface area contributed by atoms with Crippen molar-refractivity contribution in [1.82, 2.24) is 4.90 Å². The van der Waals surface area contributed by atoms with Crippen molar-refractivity contribution in [2.45, 2.75) is 6.54 Å². The molecule has 142 valence electrons. The lowest BCUT2D eigenvalue weighted by atomic mass is 10.1. The van der Waals surface area contributed by atoms with Gasteiger partial charge < -0.3 is 23.8 Å². The second kappa shape index (κ2) is 8.49. The van der Waals surface area contributed by atoms with Crippen LogP contribution in [0.1, 0.15) is 15.9 Å². The zero-order chi connectivity index (χ0) is 19.2. The largest absolute Gasteiger partial charge is 0.493 e. The average molecular weight is 369 g/mol. The van der Waals surface area contributed by atoms with E-state index in [1.54, 1.807) is 37.3 Å². The Balaban J connectivity index is 1.72. The maximum Gasteiger partial charge on any atom is 0.254 e. The van der Waals surface area contributed by atoms with Crippen LogP contribution in [0, 0.1) is 0 Å². The molecular weight excluding hydrogens is 346 g/mol. The molecular formula is C21H23NO5. The summed E-state index contributed by atoms with van der Waals surface area (Å²) in [4.78, 5) is 14.5. The molecule has 0 aliphatic carbocycles. The minimum Gasteiger partial charge on any atom is -0.493 e. The van der Waals surface area contributed by atoms with Crippen molar-refractivity contribution in [2.24, 2.45) is 0 Å². The van der Waals surface area contributed by atoms with E-state index in [1.165, 1.54) is 0 Å². The van der Waals surface area contributed by atoms with Crippen LogP contribution in [0.3, 0.4) is 0 Å². The molecule has 1 aliphatic heterocycles. The van der Waals surface area contributed by atoms with Gasteiger partial charge in [0, 0.05) is 19.2 Å². The van der Waals surface area contributed by atoms with Gasteiger partial charge >= 0.3 is 0 Å². The van der Waals surface area contributed by atoms with Crippen molar-refractivity contribution in [3.8, 4) is 23.0 Å². The highest BCUT2D eigenvalue weighted by Gasteiger charge is 2.22. The third-order valence-corrected chi connectivity index (χ3v) is 4.13. The van der Waals surface area contributed by atoms with Gasteiger partial charge in [-0.25, -0.2) is 0 Å². The SMILES string of the molecule is C=CCOc1ccc(CN(C)C(=O)c2cc(OC)c3c(c2)OCCO3)cc1. The maximum absolute atomic E-state index is 12.8. The van der Waals surface area contributed by atoms with E-state index in [0.29, 0.717) is 49.2 Å². The van der Waals surface area contributed by atoms with Gasteiger partial charge in [0.15, 0.2) is 11.5 Å². The van der Waals surface area contributed by atoms with E-state index < -0.39 is 0 Å². The number of ether oxygens (including phenoxy) is 4. The minimum atomic E-state index is -0.128. The number of methoxy groups -OCH3 is 1. The maximum atomic E-state index is 12.8. The van der Waals surface area contributed by atoms with E-state index in [4.69, 9.17) is 18.9 Å². The fourth-order valence-corrected chi connectivity index (χ4v) is 2.81. The number of hydrogen-bond donors (Lipinski definition) is 0. The molecule has 0 spiro atoms. The molecule has 1 heterocycles. The molecule has 0 bridgehead atoms. The first-order chi connectivity index (χ1) is 13.1. The van der Waals surface area contributed by atoms with Gasteiger partial charge in [0.1, 0.15) is 25.6 Å². The lowest BCUT2D eigenvalue weighted by molar-refractivity contribution is 0.0783. The molecule has 27 heavy (non-hydrogen) atoms. The Kier molecular flexibility index (Phi) is 5.86. The third kappa shape index (κ3) is 4.34. The molecule has 0 fully saturated rings. The zero-order valence-corrected chi connectivity index (χ0v) is 15.6. The number of fused-ring (bicyclic) bond motifs is 1. The molecule has 1 aliphatic rings. The number of hydrogen-bond acceptors (Lipinski definition) is 5. The molecule has 0 radical (unpaired) electrons. The van der Waals surface area contributed by atoms with Crippen LogP contribution in [0.25, 0.3) is 0 Å². The van der Waals surface area contributed by atoms with Crippen LogP contribution in [0.5, 0.6) is 23.0 Å². The molecule has 0 aromatic heterocycles. The van der Waals surface area contributed by atoms with Crippen LogP contribution in [0.2, 0.25) is 0 Å². The topological polar surface area (TPSA) is 57.2 Å². The molecule has 2 aromatic rings. The first-order valence-electron chi connectivity index (χ1n) is 8.68. The lowest BCUT2D eigenvalue weighted by Gasteiger charge is -2.23. The predicted molar refractivity (Wildman–Crippen MR) is 102 cm³/mol. The summed E-state index contributed by atoms with van der Waals surface area (Å²) in [5.74, 6) is 2.20. The molecule has 0 saturated carbocycles. The second-order valence-electron chi connectivity index (χ2n) is 6.11. The van der Waals surface area contributed by atoms with Crippen molar-refractivity contribution >= 4 is 5.91 Å². The summed E-state index contributed by atoms with van der Waals surface area (Å²) in [5, 5.41) is 0. The van der Waals surface area contributed by atoms with Gasteiger partial charge in [-0.05, 0) is 29.8 Å². The monoisotopic (exact) mass is 369 g/mol. The Labute approximate surface area is 158 Å². The molecule has 0 unspecified atom stereocenters. The highest BCUT2D eigenvalue weighted by molar-refractivity contribution is 5.95. The number of benzene rings is 2. The quantitative estimate of drug-likeness (QED) is 0.701. The average Bonchev–Trinajstić information content (AvgIpc) is 2.71. The number of carbonyl (C=O) groups is 1. The van der Waals surface area contributed by atoms with Crippen molar-refractivity contribution in [2.75, 3.05) is 34.0 Å². The number of nitrogens with zero attached hydrogens (tertiary/aromatic N) is 1. The highest BCUT2D eigenvalue weighted by atomic mass is 16.6. The third-order valence-electron chi connectivity index (χ3n) is 4.13. The smallest absolute Gasteiger partial charge is 0.254 e. The van der Waals surface area contributed by atoms with Crippen LogP contribution in [0.15, 0.2) is 49.1 Å². The Morgan fingerprint density at radius 1 is 1.22 bits per heavy atom. The van der Waals surface area contributed by atoms with Crippen molar-refractivity contribution < 1.29 is 23.7 Å². The van der Waals surface area contributed by atoms with Crippen LogP contribution >= 0.6 is 0 Å². The molecule has 0 saturated heterocycles. The number of carbonyl (C=O) groups excluding carboxylic acids is 1. The van der Waals surface area contributed by atoms with Crippen LogP contribution in [-0.4, -0.2) is 44.8 Å². The van der Waals surface area contributed by atoms with Gasteiger partial charge in [0.2, 0.25) is 5.75 Å². The van der Waals surface area contributed by atoms with Gasteiger partial charge in [-0.1, -0.05) is 24.8 Å². The predicted octanol–water partition coefficient (Wildman–Crippen LogP) is 3.30. The zero-order valence-electron chi connectivity index (χ0n) is 15.6. The Morgan fingerprint density at radius 3 is 2.67 bits per heavy atom. The standard InChI is InChI=1S/C21H23NO5/c1-4-9-25-17-7-5-15(6-8-17)14-22(2)21(23)16-12-18(24-3)20-19(13-16)26-10-11-27-20/h4-8,12-13H,1,9-11,14H2,2-3H3. The first kappa shape index (κ1) is 18.6. The summed E-state index contributed by atoms with van der Waals surface area (Å²) in [6.07, 6.45) is 1.70. The van der Waals surface area contributed by atoms with E-state index in [0.717, 1.165) is 11.3 Å². The van der Waals surface area contributed by atoms with E-state index in [1.807, 2.05) is 24.3 Å². The number of amides is 1. The van der Waals surface area contributed by atoms with Crippen molar-refractivity contribution in [1.29, 1.82) is 0 Å². The summed E-state index contributed by atoms with van der Waals surface area (Å²) in [7, 11) is 3.30. The molecule has 2 aromatic carbocycles. The van der Waals surface area contributed by atoms with Crippen LogP contribution < -0.4 is 18.9 Å². The van der Waals surface area contributed by atoms with Crippen LogP contribution in [-0.2, 0) is 6.54 Å². The van der Waals surface area contributed by atoms with E-state index in [2.05, 4.69) is 6.58 Å².